The molecule has 0 aromatic carbocycles. The van der Waals surface area contributed by atoms with Crippen LogP contribution in [0, 0.1) is 34.6 Å². The van der Waals surface area contributed by atoms with Crippen LogP contribution in [0.4, 0.5) is 0 Å². The molecule has 0 saturated carbocycles. The Morgan fingerprint density at radius 3 is 2.00 bits per heavy atom. The highest BCUT2D eigenvalue weighted by Crippen LogP contribution is 2.31. The van der Waals surface area contributed by atoms with E-state index in [0.29, 0.717) is 0 Å². The molecule has 0 aliphatic carbocycles. The van der Waals surface area contributed by atoms with Gasteiger partial charge in [-0.2, -0.15) is 0 Å². The standard InChI is InChI=1S/C14H19NO2/c1-7-6-12(17-9(7)3)14(15)13-8(2)10(4)16-11(13)5/h6,14H,15H2,1-5H3. The zero-order chi connectivity index (χ0) is 12.7. The lowest BCUT2D eigenvalue weighted by molar-refractivity contribution is 0.457. The van der Waals surface area contributed by atoms with Crippen molar-refractivity contribution in [2.24, 2.45) is 5.73 Å². The van der Waals surface area contributed by atoms with Crippen LogP contribution in [0.2, 0.25) is 0 Å². The number of hydrogen-bond donors (Lipinski definition) is 1. The van der Waals surface area contributed by atoms with Crippen LogP contribution in [0.5, 0.6) is 0 Å². The van der Waals surface area contributed by atoms with Crippen LogP contribution >= 0.6 is 0 Å². The number of nitrogens with two attached hydrogens (primary N) is 1. The monoisotopic (exact) mass is 233 g/mol. The summed E-state index contributed by atoms with van der Waals surface area (Å²) >= 11 is 0. The van der Waals surface area contributed by atoms with Crippen LogP contribution in [0.15, 0.2) is 14.9 Å². The molecule has 2 N–H and O–H groups in total. The van der Waals surface area contributed by atoms with E-state index < -0.39 is 0 Å². The molecule has 92 valence electrons. The van der Waals surface area contributed by atoms with Gasteiger partial charge in [0.2, 0.25) is 0 Å². The van der Waals surface area contributed by atoms with Crippen LogP contribution in [0.25, 0.3) is 0 Å². The third kappa shape index (κ3) is 1.91. The lowest BCUT2D eigenvalue weighted by atomic mass is 10.0. The zero-order valence-electron chi connectivity index (χ0n) is 11.0. The molecule has 3 nitrogen and oxygen atoms in total. The van der Waals surface area contributed by atoms with Gasteiger partial charge in [0.05, 0.1) is 6.04 Å². The second-order valence-electron chi connectivity index (χ2n) is 4.62. The summed E-state index contributed by atoms with van der Waals surface area (Å²) in [6, 6.07) is 1.75. The van der Waals surface area contributed by atoms with E-state index in [1.54, 1.807) is 0 Å². The molecule has 0 aliphatic rings. The SMILES string of the molecule is Cc1cc(C(N)c2c(C)oc(C)c2C)oc1C. The summed E-state index contributed by atoms with van der Waals surface area (Å²) in [6.07, 6.45) is 0. The summed E-state index contributed by atoms with van der Waals surface area (Å²) in [6.45, 7) is 9.90. The molecule has 0 spiro atoms. The van der Waals surface area contributed by atoms with Crippen molar-refractivity contribution < 1.29 is 8.83 Å². The molecule has 1 unspecified atom stereocenters. The molecule has 2 aromatic heterocycles. The molecular weight excluding hydrogens is 214 g/mol. The smallest absolute Gasteiger partial charge is 0.125 e. The maximum absolute atomic E-state index is 6.26. The van der Waals surface area contributed by atoms with Gasteiger partial charge in [-0.3, -0.25) is 0 Å². The van der Waals surface area contributed by atoms with E-state index in [1.807, 2.05) is 40.7 Å². The highest BCUT2D eigenvalue weighted by Gasteiger charge is 2.22. The number of aryl methyl sites for hydroxylation is 4. The predicted molar refractivity (Wildman–Crippen MR) is 67.1 cm³/mol. The molecule has 0 amide bonds. The topological polar surface area (TPSA) is 52.3 Å². The maximum atomic E-state index is 6.26. The first-order valence-corrected chi connectivity index (χ1v) is 5.80. The van der Waals surface area contributed by atoms with Crippen molar-refractivity contribution in [1.82, 2.24) is 0 Å². The summed E-state index contributed by atoms with van der Waals surface area (Å²) in [5.41, 5.74) is 9.54. The average molecular weight is 233 g/mol. The largest absolute Gasteiger partial charge is 0.466 e. The normalized spacial score (nSPS) is 13.1. The zero-order valence-corrected chi connectivity index (χ0v) is 11.0. The Bertz CT molecular complexity index is 529. The third-order valence-electron chi connectivity index (χ3n) is 3.42. The molecule has 0 saturated heterocycles. The molecule has 1 atom stereocenters. The van der Waals surface area contributed by atoms with E-state index in [9.17, 15) is 0 Å². The summed E-state index contributed by atoms with van der Waals surface area (Å²) in [7, 11) is 0. The highest BCUT2D eigenvalue weighted by atomic mass is 16.3. The van der Waals surface area contributed by atoms with E-state index in [0.717, 1.165) is 39.7 Å². The molecule has 0 fully saturated rings. The van der Waals surface area contributed by atoms with Crippen LogP contribution in [0.1, 0.15) is 45.8 Å². The highest BCUT2D eigenvalue weighted by molar-refractivity contribution is 5.38. The van der Waals surface area contributed by atoms with Crippen molar-refractivity contribution in [3.05, 3.63) is 45.8 Å². The van der Waals surface area contributed by atoms with Crippen molar-refractivity contribution in [1.29, 1.82) is 0 Å². The fourth-order valence-corrected chi connectivity index (χ4v) is 2.16. The Morgan fingerprint density at radius 2 is 1.59 bits per heavy atom. The Hall–Kier alpha value is -1.48. The van der Waals surface area contributed by atoms with E-state index in [1.165, 1.54) is 0 Å². The molecule has 0 bridgehead atoms. The molecule has 17 heavy (non-hydrogen) atoms. The van der Waals surface area contributed by atoms with Gasteiger partial charge >= 0.3 is 0 Å². The van der Waals surface area contributed by atoms with Gasteiger partial charge < -0.3 is 14.6 Å². The predicted octanol–water partition coefficient (Wildman–Crippen LogP) is 3.46. The van der Waals surface area contributed by atoms with Gasteiger partial charge in [0, 0.05) is 5.56 Å². The summed E-state index contributed by atoms with van der Waals surface area (Å²) in [5.74, 6) is 3.52. The minimum atomic E-state index is -0.250. The summed E-state index contributed by atoms with van der Waals surface area (Å²) in [4.78, 5) is 0. The fraction of sp³-hybridized carbons (Fsp3) is 0.429. The third-order valence-corrected chi connectivity index (χ3v) is 3.42. The summed E-state index contributed by atoms with van der Waals surface area (Å²) in [5, 5.41) is 0. The van der Waals surface area contributed by atoms with E-state index in [2.05, 4.69) is 0 Å². The Labute approximate surface area is 102 Å². The van der Waals surface area contributed by atoms with E-state index >= 15 is 0 Å². The van der Waals surface area contributed by atoms with Crippen LogP contribution in [0.3, 0.4) is 0 Å². The lowest BCUT2D eigenvalue weighted by Crippen LogP contribution is -2.12. The minimum Gasteiger partial charge on any atom is -0.466 e. The van der Waals surface area contributed by atoms with Gasteiger partial charge in [-0.1, -0.05) is 0 Å². The lowest BCUT2D eigenvalue weighted by Gasteiger charge is -2.09. The van der Waals surface area contributed by atoms with Crippen LogP contribution < -0.4 is 5.73 Å². The van der Waals surface area contributed by atoms with Gasteiger partial charge in [0.1, 0.15) is 23.0 Å². The van der Waals surface area contributed by atoms with Crippen LogP contribution in [-0.4, -0.2) is 0 Å². The Kier molecular flexibility index (Phi) is 2.87. The number of hydrogen-bond acceptors (Lipinski definition) is 3. The molecule has 2 aromatic rings. The van der Waals surface area contributed by atoms with Crippen molar-refractivity contribution in [3.8, 4) is 0 Å². The van der Waals surface area contributed by atoms with Crippen molar-refractivity contribution in [2.45, 2.75) is 40.7 Å². The maximum Gasteiger partial charge on any atom is 0.125 e. The van der Waals surface area contributed by atoms with Crippen LogP contribution in [-0.2, 0) is 0 Å². The van der Waals surface area contributed by atoms with Crippen molar-refractivity contribution in [3.63, 3.8) is 0 Å². The summed E-state index contributed by atoms with van der Waals surface area (Å²) < 4.78 is 11.3. The van der Waals surface area contributed by atoms with Gasteiger partial charge in [0.25, 0.3) is 0 Å². The first kappa shape index (κ1) is 12.0. The Balaban J connectivity index is 2.46. The van der Waals surface area contributed by atoms with Gasteiger partial charge in [-0.15, -0.1) is 0 Å². The molecule has 2 rings (SSSR count). The van der Waals surface area contributed by atoms with Gasteiger partial charge in [-0.25, -0.2) is 0 Å². The molecule has 2 heterocycles. The number of furan rings is 2. The first-order chi connectivity index (χ1) is 7.91. The fourth-order valence-electron chi connectivity index (χ4n) is 2.16. The van der Waals surface area contributed by atoms with E-state index in [4.69, 9.17) is 14.6 Å². The number of rotatable bonds is 2. The van der Waals surface area contributed by atoms with Crippen molar-refractivity contribution in [2.75, 3.05) is 0 Å². The molecular formula is C14H19NO2. The molecule has 0 aliphatic heterocycles. The molecule has 3 heteroatoms. The Morgan fingerprint density at radius 1 is 0.941 bits per heavy atom. The second kappa shape index (κ2) is 4.08. The molecule has 0 radical (unpaired) electrons. The van der Waals surface area contributed by atoms with E-state index in [-0.39, 0.29) is 6.04 Å². The first-order valence-electron chi connectivity index (χ1n) is 5.80. The quantitative estimate of drug-likeness (QED) is 0.864. The minimum absolute atomic E-state index is 0.250. The average Bonchev–Trinajstić information content (AvgIpc) is 2.70. The van der Waals surface area contributed by atoms with Crippen molar-refractivity contribution >= 4 is 0 Å². The second-order valence-corrected chi connectivity index (χ2v) is 4.62. The van der Waals surface area contributed by atoms with Gasteiger partial charge in [-0.05, 0) is 51.8 Å². The van der Waals surface area contributed by atoms with Gasteiger partial charge in [0.15, 0.2) is 0 Å².